The second-order valence-electron chi connectivity index (χ2n) is 4.51. The number of carboxylic acid groups (broad SMARTS) is 1. The van der Waals surface area contributed by atoms with Gasteiger partial charge in [-0.1, -0.05) is 12.1 Å². The Hall–Kier alpha value is -3.02. The average Bonchev–Trinajstić information content (AvgIpc) is 2.59. The van der Waals surface area contributed by atoms with Gasteiger partial charge in [0.05, 0.1) is 18.2 Å². The van der Waals surface area contributed by atoms with Gasteiger partial charge >= 0.3 is 11.9 Å². The number of carbonyl (C=O) groups excluding carboxylic acids is 1. The molecule has 0 aromatic heterocycles. The molecule has 0 saturated heterocycles. The number of carbonyl (C=O) groups is 2. The highest BCUT2D eigenvalue weighted by Crippen LogP contribution is 2.17. The Morgan fingerprint density at radius 3 is 2.13 bits per heavy atom. The van der Waals surface area contributed by atoms with Crippen molar-refractivity contribution in [1.29, 1.82) is 0 Å². The van der Waals surface area contributed by atoms with E-state index in [1.165, 1.54) is 12.1 Å². The topological polar surface area (TPSA) is 82.1 Å². The zero-order chi connectivity index (χ0) is 16.7. The molecule has 0 unspecified atom stereocenters. The fourth-order valence-electron chi connectivity index (χ4n) is 1.89. The van der Waals surface area contributed by atoms with Crippen molar-refractivity contribution < 1.29 is 28.9 Å². The second-order valence-corrected chi connectivity index (χ2v) is 4.51. The first-order valence-electron chi connectivity index (χ1n) is 6.88. The van der Waals surface area contributed by atoms with Gasteiger partial charge in [-0.05, 0) is 36.4 Å². The van der Waals surface area contributed by atoms with Crippen molar-refractivity contribution >= 4 is 11.9 Å². The molecule has 0 fully saturated rings. The largest absolute Gasteiger partial charge is 0.497 e. The van der Waals surface area contributed by atoms with Crippen LogP contribution in [0.15, 0.2) is 48.5 Å². The average molecular weight is 316 g/mol. The molecule has 6 heteroatoms. The van der Waals surface area contributed by atoms with Crippen molar-refractivity contribution in [3.63, 3.8) is 0 Å². The Bertz CT molecular complexity index is 678. The monoisotopic (exact) mass is 316 g/mol. The van der Waals surface area contributed by atoms with Crippen LogP contribution in [-0.2, 0) is 4.74 Å². The van der Waals surface area contributed by atoms with Gasteiger partial charge < -0.3 is 19.3 Å². The van der Waals surface area contributed by atoms with Crippen molar-refractivity contribution in [2.45, 2.75) is 0 Å². The highest BCUT2D eigenvalue weighted by Gasteiger charge is 2.16. The first-order chi connectivity index (χ1) is 11.1. The summed E-state index contributed by atoms with van der Waals surface area (Å²) in [6, 6.07) is 12.9. The molecule has 0 spiro atoms. The van der Waals surface area contributed by atoms with Gasteiger partial charge in [0.25, 0.3) is 0 Å². The predicted octanol–water partition coefficient (Wildman–Crippen LogP) is 2.63. The normalized spacial score (nSPS) is 9.96. The lowest BCUT2D eigenvalue weighted by atomic mass is 10.1. The number of esters is 1. The van der Waals surface area contributed by atoms with Crippen LogP contribution < -0.4 is 9.47 Å². The van der Waals surface area contributed by atoms with Gasteiger partial charge in [0.2, 0.25) is 0 Å². The van der Waals surface area contributed by atoms with E-state index in [0.29, 0.717) is 11.5 Å². The van der Waals surface area contributed by atoms with Crippen LogP contribution >= 0.6 is 0 Å². The molecule has 6 nitrogen and oxygen atoms in total. The first-order valence-corrected chi connectivity index (χ1v) is 6.88. The third-order valence-electron chi connectivity index (χ3n) is 3.02. The van der Waals surface area contributed by atoms with Gasteiger partial charge in [0, 0.05) is 0 Å². The van der Waals surface area contributed by atoms with E-state index >= 15 is 0 Å². The van der Waals surface area contributed by atoms with E-state index in [1.54, 1.807) is 43.5 Å². The number of carboxylic acids is 1. The molecule has 0 radical (unpaired) electrons. The fourth-order valence-corrected chi connectivity index (χ4v) is 1.89. The number of hydrogen-bond acceptors (Lipinski definition) is 5. The molecule has 0 heterocycles. The van der Waals surface area contributed by atoms with Gasteiger partial charge in [0.15, 0.2) is 0 Å². The van der Waals surface area contributed by atoms with E-state index in [4.69, 9.17) is 19.3 Å². The maximum atomic E-state index is 11.9. The molecule has 2 rings (SSSR count). The summed E-state index contributed by atoms with van der Waals surface area (Å²) in [5.74, 6) is -0.532. The van der Waals surface area contributed by atoms with Crippen LogP contribution in [0.3, 0.4) is 0 Å². The van der Waals surface area contributed by atoms with Gasteiger partial charge in [-0.2, -0.15) is 0 Å². The van der Waals surface area contributed by atoms with Crippen LogP contribution in [0, 0.1) is 0 Å². The Balaban J connectivity index is 1.84. The molecule has 0 atom stereocenters. The van der Waals surface area contributed by atoms with Gasteiger partial charge in [-0.25, -0.2) is 9.59 Å². The zero-order valence-electron chi connectivity index (χ0n) is 12.5. The van der Waals surface area contributed by atoms with Crippen LogP contribution in [0.4, 0.5) is 0 Å². The molecule has 120 valence electrons. The summed E-state index contributed by atoms with van der Waals surface area (Å²) in [4.78, 5) is 23.0. The third kappa shape index (κ3) is 4.47. The lowest BCUT2D eigenvalue weighted by Gasteiger charge is -2.09. The molecule has 1 N–H and O–H groups in total. The van der Waals surface area contributed by atoms with E-state index in [0.717, 1.165) is 0 Å². The summed E-state index contributed by atoms with van der Waals surface area (Å²) in [6.45, 7) is 0.173. The molecular weight excluding hydrogens is 300 g/mol. The van der Waals surface area contributed by atoms with Crippen molar-refractivity contribution in [2.75, 3.05) is 20.3 Å². The van der Waals surface area contributed by atoms with Gasteiger partial charge in [-0.15, -0.1) is 0 Å². The van der Waals surface area contributed by atoms with Crippen LogP contribution in [-0.4, -0.2) is 37.4 Å². The smallest absolute Gasteiger partial charge is 0.339 e. The molecule has 0 aliphatic heterocycles. The lowest BCUT2D eigenvalue weighted by molar-refractivity contribution is 0.0442. The Kier molecular flexibility index (Phi) is 5.57. The van der Waals surface area contributed by atoms with Crippen LogP contribution in [0.1, 0.15) is 20.7 Å². The molecular formula is C17H16O6. The molecule has 23 heavy (non-hydrogen) atoms. The van der Waals surface area contributed by atoms with Crippen molar-refractivity contribution in [1.82, 2.24) is 0 Å². The molecule has 0 saturated carbocycles. The maximum absolute atomic E-state index is 11.9. The summed E-state index contributed by atoms with van der Waals surface area (Å²) < 4.78 is 15.5. The minimum atomic E-state index is -1.17. The van der Waals surface area contributed by atoms with Crippen molar-refractivity contribution in [3.05, 3.63) is 59.7 Å². The first kappa shape index (κ1) is 16.4. The van der Waals surface area contributed by atoms with Crippen molar-refractivity contribution in [3.8, 4) is 11.5 Å². The molecule has 2 aromatic rings. The van der Waals surface area contributed by atoms with E-state index in [1.807, 2.05) is 0 Å². The quantitative estimate of drug-likeness (QED) is 0.624. The van der Waals surface area contributed by atoms with E-state index < -0.39 is 11.9 Å². The minimum Gasteiger partial charge on any atom is -0.497 e. The lowest BCUT2D eigenvalue weighted by Crippen LogP contribution is -2.15. The standard InChI is InChI=1S/C17H16O6/c1-21-12-6-8-13(9-7-12)22-10-11-23-17(20)15-5-3-2-4-14(15)16(18)19/h2-9H,10-11H2,1H3,(H,18,19). The summed E-state index contributed by atoms with van der Waals surface area (Å²) in [5.41, 5.74) is -0.0713. The third-order valence-corrected chi connectivity index (χ3v) is 3.02. The highest BCUT2D eigenvalue weighted by atomic mass is 16.6. The van der Waals surface area contributed by atoms with E-state index in [2.05, 4.69) is 0 Å². The Labute approximate surface area is 133 Å². The molecule has 0 aliphatic carbocycles. The highest BCUT2D eigenvalue weighted by molar-refractivity contribution is 6.02. The maximum Gasteiger partial charge on any atom is 0.339 e. The van der Waals surface area contributed by atoms with E-state index in [9.17, 15) is 9.59 Å². The second kappa shape index (κ2) is 7.84. The number of rotatable bonds is 7. The summed E-state index contributed by atoms with van der Waals surface area (Å²) >= 11 is 0. The zero-order valence-corrected chi connectivity index (χ0v) is 12.5. The minimum absolute atomic E-state index is 0.0127. The Morgan fingerprint density at radius 1 is 0.913 bits per heavy atom. The van der Waals surface area contributed by atoms with Crippen molar-refractivity contribution in [2.24, 2.45) is 0 Å². The number of aromatic carboxylic acids is 1. The van der Waals surface area contributed by atoms with Gasteiger partial charge in [0.1, 0.15) is 24.7 Å². The number of ether oxygens (including phenoxy) is 3. The van der Waals surface area contributed by atoms with Gasteiger partial charge in [-0.3, -0.25) is 0 Å². The SMILES string of the molecule is COc1ccc(OCCOC(=O)c2ccccc2C(=O)O)cc1. The number of hydrogen-bond donors (Lipinski definition) is 1. The molecule has 0 aliphatic rings. The predicted molar refractivity (Wildman–Crippen MR) is 82.2 cm³/mol. The molecule has 0 bridgehead atoms. The molecule has 0 amide bonds. The van der Waals surface area contributed by atoms with Crippen LogP contribution in [0.25, 0.3) is 0 Å². The molecule has 2 aromatic carbocycles. The van der Waals surface area contributed by atoms with E-state index in [-0.39, 0.29) is 24.3 Å². The Morgan fingerprint density at radius 2 is 1.52 bits per heavy atom. The number of methoxy groups -OCH3 is 1. The number of benzene rings is 2. The summed E-state index contributed by atoms with van der Waals surface area (Å²) in [6.07, 6.45) is 0. The fraction of sp³-hybridized carbons (Fsp3) is 0.176. The summed E-state index contributed by atoms with van der Waals surface area (Å²) in [5, 5.41) is 9.03. The van der Waals surface area contributed by atoms with Crippen LogP contribution in [0.5, 0.6) is 11.5 Å². The van der Waals surface area contributed by atoms with Crippen LogP contribution in [0.2, 0.25) is 0 Å². The summed E-state index contributed by atoms with van der Waals surface area (Å²) in [7, 11) is 1.57.